The molecule has 0 aliphatic carbocycles. The van der Waals surface area contributed by atoms with E-state index in [1.807, 2.05) is 11.9 Å². The number of nitrogens with two attached hydrogens (primary N) is 1. The Morgan fingerprint density at radius 2 is 1.92 bits per heavy atom. The van der Waals surface area contributed by atoms with Gasteiger partial charge in [0, 0.05) is 12.7 Å². The molecule has 1 aromatic carbocycles. The molecule has 0 radical (unpaired) electrons. The first-order chi connectivity index (χ1) is 5.65. The third-order valence-corrected chi connectivity index (χ3v) is 2.21. The van der Waals surface area contributed by atoms with Gasteiger partial charge < -0.3 is 10.6 Å². The van der Waals surface area contributed by atoms with Gasteiger partial charge in [-0.15, -0.1) is 0 Å². The Labute approximate surface area is 74.0 Å². The number of hydrogen-bond acceptors (Lipinski definition) is 2. The fourth-order valence-corrected chi connectivity index (χ4v) is 1.07. The van der Waals surface area contributed by atoms with Crippen LogP contribution in [0.4, 0.5) is 5.69 Å². The predicted molar refractivity (Wildman–Crippen MR) is 53.4 cm³/mol. The van der Waals surface area contributed by atoms with Crippen molar-refractivity contribution in [3.8, 4) is 0 Å². The fraction of sp³-hybridized carbons (Fsp3) is 0.400. The fourth-order valence-electron chi connectivity index (χ4n) is 1.07. The molecule has 0 atom stereocenters. The quantitative estimate of drug-likeness (QED) is 0.673. The highest BCUT2D eigenvalue weighted by Crippen LogP contribution is 2.16. The van der Waals surface area contributed by atoms with E-state index < -0.39 is 0 Å². The molecule has 0 unspecified atom stereocenters. The van der Waals surface area contributed by atoms with Gasteiger partial charge in [0.05, 0.1) is 6.67 Å². The number of rotatable bonds is 2. The minimum absolute atomic E-state index is 0.558. The molecule has 0 saturated heterocycles. The lowest BCUT2D eigenvalue weighted by Crippen LogP contribution is -2.24. The maximum Gasteiger partial charge on any atom is 0.0653 e. The number of anilines is 1. The summed E-state index contributed by atoms with van der Waals surface area (Å²) in [5, 5.41) is 0. The summed E-state index contributed by atoms with van der Waals surface area (Å²) in [6, 6.07) is 6.37. The minimum atomic E-state index is 0.558. The van der Waals surface area contributed by atoms with Gasteiger partial charge in [-0.1, -0.05) is 6.07 Å². The smallest absolute Gasteiger partial charge is 0.0653 e. The SMILES string of the molecule is Cc1ccc(N(C)CN)cc1C. The van der Waals surface area contributed by atoms with Crippen molar-refractivity contribution in [3.05, 3.63) is 29.3 Å². The standard InChI is InChI=1S/C10H16N2/c1-8-4-5-10(6-9(8)2)12(3)7-11/h4-6H,7,11H2,1-3H3. The van der Waals surface area contributed by atoms with Crippen LogP contribution in [-0.4, -0.2) is 13.7 Å². The molecule has 0 saturated carbocycles. The van der Waals surface area contributed by atoms with E-state index in [1.54, 1.807) is 0 Å². The van der Waals surface area contributed by atoms with E-state index in [4.69, 9.17) is 5.73 Å². The molecule has 1 rings (SSSR count). The Morgan fingerprint density at radius 1 is 1.25 bits per heavy atom. The van der Waals surface area contributed by atoms with Crippen molar-refractivity contribution in [3.63, 3.8) is 0 Å². The topological polar surface area (TPSA) is 29.3 Å². The van der Waals surface area contributed by atoms with E-state index in [0.717, 1.165) is 0 Å². The van der Waals surface area contributed by atoms with Crippen LogP contribution in [-0.2, 0) is 0 Å². The maximum atomic E-state index is 5.52. The molecule has 0 spiro atoms. The second-order valence-electron chi connectivity index (χ2n) is 3.15. The average molecular weight is 164 g/mol. The van der Waals surface area contributed by atoms with E-state index in [-0.39, 0.29) is 0 Å². The molecular weight excluding hydrogens is 148 g/mol. The van der Waals surface area contributed by atoms with Gasteiger partial charge in [0.2, 0.25) is 0 Å². The number of nitrogens with zero attached hydrogens (tertiary/aromatic N) is 1. The van der Waals surface area contributed by atoms with Crippen LogP contribution in [0.3, 0.4) is 0 Å². The summed E-state index contributed by atoms with van der Waals surface area (Å²) in [4.78, 5) is 2.02. The monoisotopic (exact) mass is 164 g/mol. The summed E-state index contributed by atoms with van der Waals surface area (Å²) in [6.45, 7) is 4.78. The zero-order valence-electron chi connectivity index (χ0n) is 7.96. The first kappa shape index (κ1) is 9.07. The molecule has 0 amide bonds. The Hall–Kier alpha value is -1.02. The van der Waals surface area contributed by atoms with Crippen LogP contribution in [0.15, 0.2) is 18.2 Å². The second kappa shape index (κ2) is 3.59. The zero-order chi connectivity index (χ0) is 9.14. The Morgan fingerprint density at radius 3 is 2.42 bits per heavy atom. The van der Waals surface area contributed by atoms with Gasteiger partial charge in [0.15, 0.2) is 0 Å². The van der Waals surface area contributed by atoms with Crippen molar-refractivity contribution in [1.82, 2.24) is 0 Å². The number of hydrogen-bond donors (Lipinski definition) is 1. The van der Waals surface area contributed by atoms with Crippen LogP contribution in [0.5, 0.6) is 0 Å². The van der Waals surface area contributed by atoms with Gasteiger partial charge >= 0.3 is 0 Å². The molecule has 2 N–H and O–H groups in total. The van der Waals surface area contributed by atoms with E-state index in [9.17, 15) is 0 Å². The zero-order valence-corrected chi connectivity index (χ0v) is 7.96. The first-order valence-electron chi connectivity index (χ1n) is 4.13. The molecule has 0 aliphatic rings. The van der Waals surface area contributed by atoms with Crippen LogP contribution >= 0.6 is 0 Å². The number of benzene rings is 1. The van der Waals surface area contributed by atoms with Crippen LogP contribution in [0.25, 0.3) is 0 Å². The van der Waals surface area contributed by atoms with Crippen LogP contribution < -0.4 is 10.6 Å². The summed E-state index contributed by atoms with van der Waals surface area (Å²) in [5.41, 5.74) is 9.34. The molecule has 0 aromatic heterocycles. The lowest BCUT2D eigenvalue weighted by Gasteiger charge is -2.17. The molecule has 0 fully saturated rings. The van der Waals surface area contributed by atoms with Crippen LogP contribution in [0.2, 0.25) is 0 Å². The Bertz CT molecular complexity index is 269. The van der Waals surface area contributed by atoms with E-state index in [0.29, 0.717) is 6.67 Å². The second-order valence-corrected chi connectivity index (χ2v) is 3.15. The van der Waals surface area contributed by atoms with E-state index in [1.165, 1.54) is 16.8 Å². The van der Waals surface area contributed by atoms with Gasteiger partial charge in [-0.05, 0) is 37.1 Å². The van der Waals surface area contributed by atoms with E-state index in [2.05, 4.69) is 32.0 Å². The number of aryl methyl sites for hydroxylation is 2. The summed E-state index contributed by atoms with van der Waals surface area (Å²) in [7, 11) is 1.99. The maximum absolute atomic E-state index is 5.52. The highest BCUT2D eigenvalue weighted by Gasteiger charge is 1.98. The third kappa shape index (κ3) is 1.77. The van der Waals surface area contributed by atoms with Gasteiger partial charge in [-0.3, -0.25) is 0 Å². The van der Waals surface area contributed by atoms with Crippen LogP contribution in [0, 0.1) is 13.8 Å². The largest absolute Gasteiger partial charge is 0.362 e. The lowest BCUT2D eigenvalue weighted by atomic mass is 10.1. The lowest BCUT2D eigenvalue weighted by molar-refractivity contribution is 0.931. The molecule has 12 heavy (non-hydrogen) atoms. The Kier molecular flexibility index (Phi) is 2.71. The van der Waals surface area contributed by atoms with Gasteiger partial charge in [-0.25, -0.2) is 0 Å². The molecule has 2 heteroatoms. The molecule has 0 bridgehead atoms. The average Bonchev–Trinajstić information content (AvgIpc) is 2.08. The van der Waals surface area contributed by atoms with Crippen molar-refractivity contribution < 1.29 is 0 Å². The van der Waals surface area contributed by atoms with Gasteiger partial charge in [0.1, 0.15) is 0 Å². The highest BCUT2D eigenvalue weighted by molar-refractivity contribution is 5.49. The van der Waals surface area contributed by atoms with Crippen molar-refractivity contribution >= 4 is 5.69 Å². The van der Waals surface area contributed by atoms with Crippen molar-refractivity contribution in [2.75, 3.05) is 18.6 Å². The van der Waals surface area contributed by atoms with E-state index >= 15 is 0 Å². The first-order valence-corrected chi connectivity index (χ1v) is 4.13. The van der Waals surface area contributed by atoms with Crippen molar-refractivity contribution in [2.24, 2.45) is 5.73 Å². The molecule has 1 aromatic rings. The molecule has 66 valence electrons. The van der Waals surface area contributed by atoms with Gasteiger partial charge in [0.25, 0.3) is 0 Å². The normalized spacial score (nSPS) is 10.0. The van der Waals surface area contributed by atoms with Gasteiger partial charge in [-0.2, -0.15) is 0 Å². The summed E-state index contributed by atoms with van der Waals surface area (Å²) in [6.07, 6.45) is 0. The van der Waals surface area contributed by atoms with Crippen LogP contribution in [0.1, 0.15) is 11.1 Å². The summed E-state index contributed by atoms with van der Waals surface area (Å²) >= 11 is 0. The molecule has 0 heterocycles. The molecular formula is C10H16N2. The summed E-state index contributed by atoms with van der Waals surface area (Å²) < 4.78 is 0. The third-order valence-electron chi connectivity index (χ3n) is 2.21. The Balaban J connectivity index is 2.96. The van der Waals surface area contributed by atoms with Crippen molar-refractivity contribution in [2.45, 2.75) is 13.8 Å². The molecule has 2 nitrogen and oxygen atoms in total. The highest BCUT2D eigenvalue weighted by atomic mass is 15.1. The minimum Gasteiger partial charge on any atom is -0.362 e. The molecule has 0 aliphatic heterocycles. The van der Waals surface area contributed by atoms with Crippen molar-refractivity contribution in [1.29, 1.82) is 0 Å². The predicted octanol–water partition coefficient (Wildman–Crippen LogP) is 1.66. The summed E-state index contributed by atoms with van der Waals surface area (Å²) in [5.74, 6) is 0.